The van der Waals surface area contributed by atoms with Crippen molar-refractivity contribution in [3.8, 4) is 11.5 Å². The average molecular weight is 463 g/mol. The second-order valence-corrected chi connectivity index (χ2v) is 9.51. The van der Waals surface area contributed by atoms with Gasteiger partial charge in [0.2, 0.25) is 9.47 Å². The van der Waals surface area contributed by atoms with Crippen molar-refractivity contribution in [1.82, 2.24) is 14.9 Å². The fraction of sp³-hybridized carbons (Fsp3) is 0.250. The molecule has 3 rings (SSSR count). The molecule has 0 spiro atoms. The molecule has 31 heavy (non-hydrogen) atoms. The number of carbonyl (C=O) groups excluding carboxylic acids is 1. The zero-order valence-electron chi connectivity index (χ0n) is 17.4. The Balaban J connectivity index is 1.76. The van der Waals surface area contributed by atoms with E-state index in [1.165, 1.54) is 14.2 Å². The van der Waals surface area contributed by atoms with Gasteiger partial charge in [-0.25, -0.2) is 13.1 Å². The highest BCUT2D eigenvalue weighted by molar-refractivity contribution is 7.91. The number of hydrogen-bond acceptors (Lipinski definition) is 8. The van der Waals surface area contributed by atoms with E-state index in [0.29, 0.717) is 22.6 Å². The van der Waals surface area contributed by atoms with Gasteiger partial charge in [0, 0.05) is 17.2 Å². The van der Waals surface area contributed by atoms with Gasteiger partial charge in [0.25, 0.3) is 15.9 Å². The number of nitrogens with one attached hydrogen (secondary N) is 2. The number of ether oxygens (including phenoxy) is 2. The van der Waals surface area contributed by atoms with Crippen LogP contribution in [0.15, 0.2) is 46.8 Å². The van der Waals surface area contributed by atoms with E-state index >= 15 is 0 Å². The summed E-state index contributed by atoms with van der Waals surface area (Å²) in [5, 5.41) is 10.2. The molecule has 0 bridgehead atoms. The average Bonchev–Trinajstić information content (AvgIpc) is 3.22. The zero-order valence-corrected chi connectivity index (χ0v) is 19.0. The van der Waals surface area contributed by atoms with Crippen molar-refractivity contribution in [1.29, 1.82) is 0 Å². The lowest BCUT2D eigenvalue weighted by molar-refractivity contribution is 0.102. The van der Waals surface area contributed by atoms with Crippen LogP contribution in [0.25, 0.3) is 0 Å². The summed E-state index contributed by atoms with van der Waals surface area (Å²) in [5.41, 5.74) is 1.97. The van der Waals surface area contributed by atoms with Crippen molar-refractivity contribution in [2.45, 2.75) is 24.2 Å². The Morgan fingerprint density at radius 2 is 1.87 bits per heavy atom. The lowest BCUT2D eigenvalue weighted by Crippen LogP contribution is -2.27. The molecule has 0 fully saturated rings. The molecule has 2 N–H and O–H groups in total. The summed E-state index contributed by atoms with van der Waals surface area (Å²) < 4.78 is 38.4. The van der Waals surface area contributed by atoms with Crippen LogP contribution in [0.2, 0.25) is 0 Å². The van der Waals surface area contributed by atoms with Crippen molar-refractivity contribution >= 4 is 32.4 Å². The van der Waals surface area contributed by atoms with Gasteiger partial charge in [0.1, 0.15) is 11.5 Å². The molecular formula is C20H22N4O5S2. The van der Waals surface area contributed by atoms with Crippen LogP contribution >= 0.6 is 11.3 Å². The number of nitrogens with zero attached hydrogens (tertiary/aromatic N) is 2. The normalized spacial score (nSPS) is 12.3. The van der Waals surface area contributed by atoms with Gasteiger partial charge in [-0.1, -0.05) is 29.0 Å². The summed E-state index contributed by atoms with van der Waals surface area (Å²) in [5.74, 6) is 0.685. The van der Waals surface area contributed by atoms with Crippen molar-refractivity contribution < 1.29 is 22.7 Å². The number of aryl methyl sites for hydroxylation is 1. The maximum atomic E-state index is 12.8. The standard InChI is InChI=1S/C20H22N4O5S2/c1-12-6-5-7-14(10-12)18(25)21-19-22-23-20(30-19)31(26,27)24-13(2)16-11-15(28-3)8-9-17(16)29-4/h5-11,13,24H,1-4H3,(H,21,22,25)/t13-/m1/s1. The molecule has 11 heteroatoms. The first-order valence-corrected chi connectivity index (χ1v) is 11.5. The molecule has 1 atom stereocenters. The number of hydrogen-bond donors (Lipinski definition) is 2. The molecule has 0 radical (unpaired) electrons. The second kappa shape index (κ2) is 9.41. The number of aromatic nitrogens is 2. The minimum atomic E-state index is -3.99. The van der Waals surface area contributed by atoms with Crippen LogP contribution in [0.4, 0.5) is 5.13 Å². The molecule has 164 valence electrons. The van der Waals surface area contributed by atoms with Gasteiger partial charge in [-0.2, -0.15) is 0 Å². The highest BCUT2D eigenvalue weighted by Crippen LogP contribution is 2.30. The van der Waals surface area contributed by atoms with Crippen LogP contribution in [-0.4, -0.2) is 38.7 Å². The lowest BCUT2D eigenvalue weighted by atomic mass is 10.1. The molecule has 9 nitrogen and oxygen atoms in total. The van der Waals surface area contributed by atoms with E-state index in [9.17, 15) is 13.2 Å². The summed E-state index contributed by atoms with van der Waals surface area (Å²) in [4.78, 5) is 12.4. The minimum Gasteiger partial charge on any atom is -0.497 e. The van der Waals surface area contributed by atoms with Crippen LogP contribution in [0.5, 0.6) is 11.5 Å². The third-order valence-electron chi connectivity index (χ3n) is 4.37. The highest BCUT2D eigenvalue weighted by atomic mass is 32.2. The van der Waals surface area contributed by atoms with E-state index in [4.69, 9.17) is 9.47 Å². The van der Waals surface area contributed by atoms with Crippen molar-refractivity contribution in [2.75, 3.05) is 19.5 Å². The number of methoxy groups -OCH3 is 2. The first kappa shape index (κ1) is 22.7. The predicted octanol–water partition coefficient (Wildman–Crippen LogP) is 3.16. The van der Waals surface area contributed by atoms with Gasteiger partial charge in [0.05, 0.1) is 14.2 Å². The van der Waals surface area contributed by atoms with E-state index in [0.717, 1.165) is 16.9 Å². The zero-order chi connectivity index (χ0) is 22.6. The summed E-state index contributed by atoms with van der Waals surface area (Å²) in [6.45, 7) is 3.55. The van der Waals surface area contributed by atoms with E-state index in [1.807, 2.05) is 13.0 Å². The first-order chi connectivity index (χ1) is 14.7. The van der Waals surface area contributed by atoms with E-state index in [2.05, 4.69) is 20.2 Å². The van der Waals surface area contributed by atoms with Gasteiger partial charge in [-0.05, 0) is 44.2 Å². The number of carbonyl (C=O) groups is 1. The Hall–Kier alpha value is -3.02. The number of anilines is 1. The molecule has 0 aliphatic rings. The fourth-order valence-electron chi connectivity index (χ4n) is 2.85. The second-order valence-electron chi connectivity index (χ2n) is 6.65. The Morgan fingerprint density at radius 3 is 2.55 bits per heavy atom. The molecule has 3 aromatic rings. The lowest BCUT2D eigenvalue weighted by Gasteiger charge is -2.17. The van der Waals surface area contributed by atoms with Crippen LogP contribution < -0.4 is 19.5 Å². The first-order valence-electron chi connectivity index (χ1n) is 9.19. The fourth-order valence-corrected chi connectivity index (χ4v) is 4.98. The third kappa shape index (κ3) is 5.37. The molecular weight excluding hydrogens is 440 g/mol. The Labute approximate surface area is 184 Å². The quantitative estimate of drug-likeness (QED) is 0.494. The molecule has 0 unspecified atom stereocenters. The SMILES string of the molecule is COc1ccc(OC)c([C@@H](C)NS(=O)(=O)c2nnc(NC(=O)c3cccc(C)c3)s2)c1. The minimum absolute atomic E-state index is 0.0819. The van der Waals surface area contributed by atoms with Gasteiger partial charge in [-0.3, -0.25) is 10.1 Å². The Morgan fingerprint density at radius 1 is 1.10 bits per heavy atom. The van der Waals surface area contributed by atoms with E-state index in [-0.39, 0.29) is 9.47 Å². The maximum Gasteiger partial charge on any atom is 0.270 e. The van der Waals surface area contributed by atoms with Crippen LogP contribution in [0.1, 0.15) is 34.5 Å². The van der Waals surface area contributed by atoms with Gasteiger partial charge in [-0.15, -0.1) is 10.2 Å². The Bertz CT molecular complexity index is 1190. The highest BCUT2D eigenvalue weighted by Gasteiger charge is 2.25. The molecule has 0 saturated heterocycles. The number of benzene rings is 2. The smallest absolute Gasteiger partial charge is 0.270 e. The predicted molar refractivity (Wildman–Crippen MR) is 117 cm³/mol. The summed E-state index contributed by atoms with van der Waals surface area (Å²) >= 11 is 0.761. The van der Waals surface area contributed by atoms with Crippen LogP contribution in [0, 0.1) is 6.92 Å². The van der Waals surface area contributed by atoms with Crippen molar-refractivity contribution in [3.05, 3.63) is 59.2 Å². The molecule has 2 aromatic carbocycles. The molecule has 1 aromatic heterocycles. The molecule has 1 amide bonds. The van der Waals surface area contributed by atoms with Crippen molar-refractivity contribution in [2.24, 2.45) is 0 Å². The largest absolute Gasteiger partial charge is 0.497 e. The summed E-state index contributed by atoms with van der Waals surface area (Å²) in [7, 11) is -0.969. The van der Waals surface area contributed by atoms with Gasteiger partial charge >= 0.3 is 0 Å². The van der Waals surface area contributed by atoms with E-state index < -0.39 is 22.0 Å². The summed E-state index contributed by atoms with van der Waals surface area (Å²) in [6, 6.07) is 11.5. The topological polar surface area (TPSA) is 120 Å². The van der Waals surface area contributed by atoms with Gasteiger partial charge < -0.3 is 9.47 Å². The monoisotopic (exact) mass is 462 g/mol. The molecule has 1 heterocycles. The van der Waals surface area contributed by atoms with Crippen molar-refractivity contribution in [3.63, 3.8) is 0 Å². The molecule has 0 saturated carbocycles. The Kier molecular flexibility index (Phi) is 6.88. The number of rotatable bonds is 8. The van der Waals surface area contributed by atoms with Crippen LogP contribution in [-0.2, 0) is 10.0 Å². The van der Waals surface area contributed by atoms with E-state index in [1.54, 1.807) is 43.3 Å². The van der Waals surface area contributed by atoms with Crippen LogP contribution in [0.3, 0.4) is 0 Å². The van der Waals surface area contributed by atoms with Gasteiger partial charge in [0.15, 0.2) is 0 Å². The maximum absolute atomic E-state index is 12.8. The number of sulfonamides is 1. The third-order valence-corrected chi connectivity index (χ3v) is 7.12. The molecule has 0 aliphatic carbocycles. The number of amides is 1. The molecule has 0 aliphatic heterocycles. The summed E-state index contributed by atoms with van der Waals surface area (Å²) in [6.07, 6.45) is 0.